The first kappa shape index (κ1) is 48.5. The number of anilines is 1. The fourth-order valence-corrected chi connectivity index (χ4v) is 9.29. The number of carbonyl (C=O) groups excluding carboxylic acids is 1. The monoisotopic (exact) mass is 931 g/mol. The first-order chi connectivity index (χ1) is 30.9. The maximum atomic E-state index is 13.7. The molecule has 2 aliphatic heterocycles. The Kier molecular flexibility index (Phi) is 17.3. The van der Waals surface area contributed by atoms with Crippen LogP contribution in [-0.4, -0.2) is 101 Å². The van der Waals surface area contributed by atoms with Gasteiger partial charge in [0.05, 0.1) is 0 Å². The van der Waals surface area contributed by atoms with Crippen molar-refractivity contribution >= 4 is 71.2 Å². The Morgan fingerprint density at radius 3 is 1.88 bits per heavy atom. The minimum atomic E-state index is -0.963. The third-order valence-corrected chi connectivity index (χ3v) is 12.8. The van der Waals surface area contributed by atoms with E-state index >= 15 is 0 Å². The molecule has 0 spiro atoms. The van der Waals surface area contributed by atoms with Crippen LogP contribution in [0.1, 0.15) is 85.3 Å². The lowest BCUT2D eigenvalue weighted by molar-refractivity contribution is 0.0688. The zero-order chi connectivity index (χ0) is 43.5. The number of aromatic carboxylic acids is 1. The van der Waals surface area contributed by atoms with Crippen molar-refractivity contribution in [2.45, 2.75) is 77.3 Å². The van der Waals surface area contributed by atoms with Gasteiger partial charge in [-0.1, -0.05) is 74.5 Å². The Hall–Kier alpha value is -6.01. The van der Waals surface area contributed by atoms with E-state index in [0.717, 1.165) is 71.8 Å². The van der Waals surface area contributed by atoms with E-state index in [1.165, 1.54) is 42.7 Å². The number of carboxylic acids is 1. The second kappa shape index (κ2) is 23.3. The van der Waals surface area contributed by atoms with E-state index in [-0.39, 0.29) is 39.9 Å². The summed E-state index contributed by atoms with van der Waals surface area (Å²) in [6, 6.07) is 20.1. The molecule has 0 bridgehead atoms. The van der Waals surface area contributed by atoms with Gasteiger partial charge in [0.2, 0.25) is 5.95 Å². The number of halogens is 1. The van der Waals surface area contributed by atoms with Gasteiger partial charge in [-0.3, -0.25) is 13.6 Å². The molecule has 65 heavy (non-hydrogen) atoms. The highest BCUT2D eigenvalue weighted by molar-refractivity contribution is 7.15. The number of hydrogen-bond acceptors (Lipinski definition) is 12. The van der Waals surface area contributed by atoms with Crippen LogP contribution in [-0.2, 0) is 19.3 Å². The summed E-state index contributed by atoms with van der Waals surface area (Å²) in [6.07, 6.45) is 19.9. The normalized spacial score (nSPS) is 15.3. The Morgan fingerprint density at radius 2 is 1.34 bits per heavy atom. The van der Waals surface area contributed by atoms with Crippen LogP contribution >= 0.6 is 35.1 Å². The van der Waals surface area contributed by atoms with Gasteiger partial charge in [0.25, 0.3) is 5.91 Å². The number of fused-ring (bicyclic) bond motifs is 2. The van der Waals surface area contributed by atoms with Crippen molar-refractivity contribution in [2.24, 2.45) is 0 Å². The molecule has 2 aliphatic rings. The Labute approximate surface area is 396 Å². The van der Waals surface area contributed by atoms with Gasteiger partial charge in [-0.05, 0) is 62.6 Å². The molecule has 2 fully saturated rings. The molecule has 6 aromatic heterocycles. The van der Waals surface area contributed by atoms with E-state index in [4.69, 9.17) is 4.98 Å². The van der Waals surface area contributed by atoms with Gasteiger partial charge in [-0.25, -0.2) is 34.7 Å². The van der Waals surface area contributed by atoms with Crippen LogP contribution in [0.4, 0.5) is 5.95 Å². The number of aromatic nitrogens is 8. The molecule has 10 rings (SSSR count). The molecule has 0 aliphatic carbocycles. The number of nitrogens with zero attached hydrogens (tertiary/aromatic N) is 9. The number of imidazole rings is 2. The molecule has 0 saturated carbocycles. The van der Waals surface area contributed by atoms with Crippen LogP contribution in [0, 0.1) is 0 Å². The second-order valence-corrected chi connectivity index (χ2v) is 17.1. The molecule has 18 heteroatoms. The van der Waals surface area contributed by atoms with Crippen molar-refractivity contribution in [3.63, 3.8) is 0 Å². The number of rotatable bonds is 12. The summed E-state index contributed by atoms with van der Waals surface area (Å²) in [7, 11) is 0. The number of carbonyl (C=O) groups is 2. The first-order valence-corrected chi connectivity index (χ1v) is 23.3. The molecule has 14 nitrogen and oxygen atoms in total. The molecule has 2 saturated heterocycles. The van der Waals surface area contributed by atoms with Crippen LogP contribution in [0.15, 0.2) is 109 Å². The number of benzene rings is 2. The lowest BCUT2D eigenvalue weighted by Gasteiger charge is -2.25. The highest BCUT2D eigenvalue weighted by Gasteiger charge is 2.33. The van der Waals surface area contributed by atoms with Crippen molar-refractivity contribution in [1.29, 1.82) is 0 Å². The summed E-state index contributed by atoms with van der Waals surface area (Å²) in [5.41, 5.74) is 6.22. The van der Waals surface area contributed by atoms with E-state index in [2.05, 4.69) is 49.4 Å². The average Bonchev–Trinajstić information content (AvgIpc) is 4.19. The summed E-state index contributed by atoms with van der Waals surface area (Å²) >= 11 is 2.96. The van der Waals surface area contributed by atoms with Crippen molar-refractivity contribution in [3.8, 4) is 22.5 Å². The number of likely N-dealkylation sites (tertiary alicyclic amines) is 1. The van der Waals surface area contributed by atoms with Crippen molar-refractivity contribution < 1.29 is 16.1 Å². The fraction of sp³-hybridized carbons (Fsp3) is 0.319. The molecule has 8 aromatic rings. The fourth-order valence-electron chi connectivity index (χ4n) is 7.86. The topological polar surface area (TPSA) is 168 Å². The maximum Gasteiger partial charge on any atom is 0.355 e. The van der Waals surface area contributed by atoms with Gasteiger partial charge >= 0.3 is 5.97 Å². The number of amides is 1. The van der Waals surface area contributed by atoms with Gasteiger partial charge in [-0.2, -0.15) is 0 Å². The Balaban J connectivity index is 0.000000199. The Bertz CT molecular complexity index is 2730. The zero-order valence-electron chi connectivity index (χ0n) is 36.4. The predicted octanol–water partition coefficient (Wildman–Crippen LogP) is 8.90. The Morgan fingerprint density at radius 1 is 0.785 bits per heavy atom. The number of nitrogens with one attached hydrogen (secondary N) is 2. The smallest absolute Gasteiger partial charge is 0.355 e. The standard InChI is InChI=1S/C23H24N6OS.C12H19N3.C12H8N2O2S.B.ClH.H2/c1-2-16-13-24-22(25-14-16)26-15-18-9-6-10-28(18)21(30)20-19(17-7-4-3-5-8-17)27-23-29(20)11-12-31-23;1-2-10-8-14-12(15-9-10)6-5-11-4-3-7-13-11;15-11(16)10-9(8-4-2-1-3-5-8)13-12-14(10)6-7-17-12;;;/h3-5,7-8,11-14,18H,2,6,9-10,15H2,1H3,(H,24,25,26);8-9,11,13H,2-7H2,1H3;1-7H,(H,15,16);;2*1H/t18-;11-;;;;/m00..../s1/i;;;;;1+1. The highest BCUT2D eigenvalue weighted by atomic mass is 35.5. The number of hydrogen-bond donors (Lipinski definition) is 3. The van der Waals surface area contributed by atoms with Crippen molar-refractivity contribution in [1.82, 2.24) is 48.9 Å². The molecule has 3 radical (unpaired) electrons. The van der Waals surface area contributed by atoms with Crippen molar-refractivity contribution in [2.75, 3.05) is 25.0 Å². The van der Waals surface area contributed by atoms with Crippen LogP contribution < -0.4 is 10.6 Å². The van der Waals surface area contributed by atoms with Gasteiger partial charge in [0.1, 0.15) is 22.9 Å². The van der Waals surface area contributed by atoms with E-state index in [1.54, 1.807) is 21.9 Å². The SMILES string of the molecule is CCc1cnc(CC[C@@H]2CCCN2)nc1.CCc1cnc(NC[C@@H]2CCCN2C(=O)c2c(-c3ccccc3)nc3sccn23)nc1.Cl.O=C(O)c1c(-c2ccccc2)nc2sccn12.[2HH].[B]. The van der Waals surface area contributed by atoms with Gasteiger partial charge in [0.15, 0.2) is 15.6 Å². The van der Waals surface area contributed by atoms with Gasteiger partial charge in [0, 0.05) is 101 Å². The number of aryl methyl sites for hydroxylation is 3. The summed E-state index contributed by atoms with van der Waals surface area (Å²) < 4.78 is 3.53. The maximum absolute atomic E-state index is 13.7. The molecule has 3 N–H and O–H groups in total. The molecule has 0 unspecified atom stereocenters. The third-order valence-electron chi connectivity index (χ3n) is 11.3. The molecule has 337 valence electrons. The van der Waals surface area contributed by atoms with Crippen LogP contribution in [0.25, 0.3) is 32.4 Å². The summed E-state index contributed by atoms with van der Waals surface area (Å²) in [6.45, 7) is 6.76. The van der Waals surface area contributed by atoms with Crippen LogP contribution in [0.5, 0.6) is 0 Å². The molecular weight excluding hydrogens is 877 g/mol. The minimum Gasteiger partial charge on any atom is -0.476 e. The molecule has 2 atom stereocenters. The average molecular weight is 932 g/mol. The summed E-state index contributed by atoms with van der Waals surface area (Å²) in [5, 5.41) is 19.9. The van der Waals surface area contributed by atoms with E-state index in [1.807, 2.05) is 112 Å². The molecule has 2 aromatic carbocycles. The second-order valence-electron chi connectivity index (χ2n) is 15.4. The van der Waals surface area contributed by atoms with Crippen LogP contribution in [0.2, 0.25) is 0 Å². The summed E-state index contributed by atoms with van der Waals surface area (Å²) in [4.78, 5) is 55.2. The number of carboxylic acid groups (broad SMARTS) is 1. The van der Waals surface area contributed by atoms with E-state index in [9.17, 15) is 14.7 Å². The molecular formula is C47H54BClN11O3S2. The van der Waals surface area contributed by atoms with Crippen LogP contribution in [0.3, 0.4) is 0 Å². The van der Waals surface area contributed by atoms with E-state index < -0.39 is 5.97 Å². The lowest BCUT2D eigenvalue weighted by atomic mass is 10.1. The first-order valence-electron chi connectivity index (χ1n) is 21.5. The quantitative estimate of drug-likeness (QED) is 0.100. The predicted molar refractivity (Wildman–Crippen MR) is 264 cm³/mol. The van der Waals surface area contributed by atoms with Gasteiger partial charge in [-0.15, -0.1) is 35.1 Å². The molecule has 1 amide bonds. The lowest BCUT2D eigenvalue weighted by Crippen LogP contribution is -2.40. The van der Waals surface area contributed by atoms with Crippen molar-refractivity contribution in [3.05, 3.63) is 137 Å². The molecule has 8 heterocycles. The third kappa shape index (κ3) is 11.6. The zero-order valence-corrected chi connectivity index (χ0v) is 38.9. The largest absolute Gasteiger partial charge is 0.476 e. The highest BCUT2D eigenvalue weighted by Crippen LogP contribution is 2.30. The summed E-state index contributed by atoms with van der Waals surface area (Å²) in [5.74, 6) is 0.651. The van der Waals surface area contributed by atoms with E-state index in [0.29, 0.717) is 34.9 Å². The van der Waals surface area contributed by atoms with Gasteiger partial charge < -0.3 is 20.6 Å². The minimum absolute atomic E-state index is 0. The number of thiazole rings is 2.